The first-order chi connectivity index (χ1) is 9.51. The highest BCUT2D eigenvalue weighted by molar-refractivity contribution is 5.06. The fraction of sp³-hybridized carbons (Fsp3) is 0.812. The van der Waals surface area contributed by atoms with Gasteiger partial charge in [-0.3, -0.25) is 9.58 Å². The zero-order chi connectivity index (χ0) is 14.2. The SMILES string of the molecule is Cn1nccc1CCN1CC2(CCCC2)NCC1(C)C. The summed E-state index contributed by atoms with van der Waals surface area (Å²) in [5.41, 5.74) is 1.99. The van der Waals surface area contributed by atoms with E-state index in [-0.39, 0.29) is 5.54 Å². The van der Waals surface area contributed by atoms with Crippen LogP contribution in [0.3, 0.4) is 0 Å². The molecule has 1 aromatic rings. The lowest BCUT2D eigenvalue weighted by atomic mass is 9.87. The topological polar surface area (TPSA) is 33.1 Å². The van der Waals surface area contributed by atoms with Crippen LogP contribution >= 0.6 is 0 Å². The molecule has 1 aromatic heterocycles. The maximum Gasteiger partial charge on any atom is 0.0492 e. The van der Waals surface area contributed by atoms with Gasteiger partial charge in [0.1, 0.15) is 0 Å². The molecule has 2 heterocycles. The number of nitrogens with one attached hydrogen (secondary N) is 1. The molecule has 0 unspecified atom stereocenters. The third kappa shape index (κ3) is 2.63. The number of piperazine rings is 1. The number of aromatic nitrogens is 2. The van der Waals surface area contributed by atoms with Gasteiger partial charge in [-0.05, 0) is 32.8 Å². The van der Waals surface area contributed by atoms with E-state index in [0.717, 1.165) is 19.5 Å². The highest BCUT2D eigenvalue weighted by Gasteiger charge is 2.43. The monoisotopic (exact) mass is 276 g/mol. The van der Waals surface area contributed by atoms with E-state index in [2.05, 4.69) is 35.2 Å². The third-order valence-electron chi connectivity index (χ3n) is 5.37. The van der Waals surface area contributed by atoms with Gasteiger partial charge in [-0.15, -0.1) is 0 Å². The maximum absolute atomic E-state index is 4.27. The molecule has 1 saturated carbocycles. The highest BCUT2D eigenvalue weighted by Crippen LogP contribution is 2.35. The van der Waals surface area contributed by atoms with Gasteiger partial charge < -0.3 is 5.32 Å². The summed E-state index contributed by atoms with van der Waals surface area (Å²) in [4.78, 5) is 2.70. The van der Waals surface area contributed by atoms with Crippen LogP contribution in [0.1, 0.15) is 45.2 Å². The lowest BCUT2D eigenvalue weighted by Crippen LogP contribution is -2.67. The van der Waals surface area contributed by atoms with Gasteiger partial charge in [-0.1, -0.05) is 12.8 Å². The Morgan fingerprint density at radius 2 is 2.05 bits per heavy atom. The number of rotatable bonds is 3. The first kappa shape index (κ1) is 14.1. The molecule has 1 N–H and O–H groups in total. The van der Waals surface area contributed by atoms with E-state index in [1.165, 1.54) is 37.9 Å². The standard InChI is InChI=1S/C16H28N4/c1-15(2)12-17-16(8-4-5-9-16)13-20(15)11-7-14-6-10-18-19(14)3/h6,10,17H,4-5,7-9,11-13H2,1-3H3. The largest absolute Gasteiger partial charge is 0.308 e. The Morgan fingerprint density at radius 3 is 2.70 bits per heavy atom. The van der Waals surface area contributed by atoms with Crippen molar-refractivity contribution in [3.05, 3.63) is 18.0 Å². The Balaban J connectivity index is 1.67. The van der Waals surface area contributed by atoms with Gasteiger partial charge in [0.05, 0.1) is 0 Å². The van der Waals surface area contributed by atoms with Crippen LogP contribution in [0.2, 0.25) is 0 Å². The Bertz CT molecular complexity index is 457. The van der Waals surface area contributed by atoms with Crippen molar-refractivity contribution in [2.24, 2.45) is 7.05 Å². The molecule has 1 aliphatic heterocycles. The van der Waals surface area contributed by atoms with Crippen molar-refractivity contribution in [1.29, 1.82) is 0 Å². The van der Waals surface area contributed by atoms with Crippen LogP contribution in [-0.2, 0) is 13.5 Å². The second kappa shape index (κ2) is 5.15. The van der Waals surface area contributed by atoms with Crippen molar-refractivity contribution < 1.29 is 0 Å². The molecular formula is C16H28N4. The number of nitrogens with zero attached hydrogens (tertiary/aromatic N) is 3. The average molecular weight is 276 g/mol. The molecule has 0 amide bonds. The molecule has 4 nitrogen and oxygen atoms in total. The van der Waals surface area contributed by atoms with E-state index < -0.39 is 0 Å². The van der Waals surface area contributed by atoms with Crippen molar-refractivity contribution >= 4 is 0 Å². The predicted octanol–water partition coefficient (Wildman–Crippen LogP) is 1.96. The maximum atomic E-state index is 4.27. The van der Waals surface area contributed by atoms with Crippen molar-refractivity contribution in [2.45, 2.75) is 57.0 Å². The molecule has 1 saturated heterocycles. The Hall–Kier alpha value is -0.870. The third-order valence-corrected chi connectivity index (χ3v) is 5.37. The molecule has 0 radical (unpaired) electrons. The fourth-order valence-electron chi connectivity index (χ4n) is 3.82. The van der Waals surface area contributed by atoms with Crippen LogP contribution in [0.25, 0.3) is 0 Å². The zero-order valence-electron chi connectivity index (χ0n) is 13.2. The summed E-state index contributed by atoms with van der Waals surface area (Å²) >= 11 is 0. The van der Waals surface area contributed by atoms with E-state index >= 15 is 0 Å². The van der Waals surface area contributed by atoms with Crippen molar-refractivity contribution in [1.82, 2.24) is 20.0 Å². The summed E-state index contributed by atoms with van der Waals surface area (Å²) in [5.74, 6) is 0. The predicted molar refractivity (Wildman–Crippen MR) is 81.8 cm³/mol. The average Bonchev–Trinajstić information content (AvgIpc) is 3.01. The summed E-state index contributed by atoms with van der Waals surface area (Å²) in [6.07, 6.45) is 8.48. The highest BCUT2D eigenvalue weighted by atomic mass is 15.3. The smallest absolute Gasteiger partial charge is 0.0492 e. The Labute approximate surface area is 122 Å². The Morgan fingerprint density at radius 1 is 1.30 bits per heavy atom. The van der Waals surface area contributed by atoms with Crippen LogP contribution < -0.4 is 5.32 Å². The molecule has 112 valence electrons. The molecule has 0 bridgehead atoms. The molecule has 4 heteroatoms. The molecule has 2 aliphatic rings. The Kier molecular flexibility index (Phi) is 3.63. The molecule has 1 aliphatic carbocycles. The van der Waals surface area contributed by atoms with Crippen LogP contribution in [0.5, 0.6) is 0 Å². The first-order valence-corrected chi connectivity index (χ1v) is 7.98. The number of hydrogen-bond acceptors (Lipinski definition) is 3. The molecule has 0 aromatic carbocycles. The van der Waals surface area contributed by atoms with Crippen molar-refractivity contribution in [3.8, 4) is 0 Å². The summed E-state index contributed by atoms with van der Waals surface area (Å²) < 4.78 is 2.00. The van der Waals surface area contributed by atoms with E-state index in [1.54, 1.807) is 0 Å². The lowest BCUT2D eigenvalue weighted by Gasteiger charge is -2.51. The number of hydrogen-bond donors (Lipinski definition) is 1. The van der Waals surface area contributed by atoms with E-state index in [1.807, 2.05) is 17.9 Å². The number of aryl methyl sites for hydroxylation is 1. The van der Waals surface area contributed by atoms with Crippen LogP contribution in [0.15, 0.2) is 12.3 Å². The second-order valence-corrected chi connectivity index (χ2v) is 7.27. The quantitative estimate of drug-likeness (QED) is 0.916. The van der Waals surface area contributed by atoms with Gasteiger partial charge in [0.2, 0.25) is 0 Å². The molecular weight excluding hydrogens is 248 g/mol. The molecule has 3 rings (SSSR count). The van der Waals surface area contributed by atoms with Gasteiger partial charge in [0.25, 0.3) is 0 Å². The molecule has 0 atom stereocenters. The molecule has 20 heavy (non-hydrogen) atoms. The van der Waals surface area contributed by atoms with Gasteiger partial charge in [0.15, 0.2) is 0 Å². The van der Waals surface area contributed by atoms with Crippen LogP contribution in [0.4, 0.5) is 0 Å². The second-order valence-electron chi connectivity index (χ2n) is 7.27. The van der Waals surface area contributed by atoms with Crippen LogP contribution in [-0.4, -0.2) is 45.4 Å². The molecule has 1 spiro atoms. The summed E-state index contributed by atoms with van der Waals surface area (Å²) in [7, 11) is 2.04. The molecule has 2 fully saturated rings. The summed E-state index contributed by atoms with van der Waals surface area (Å²) in [6, 6.07) is 2.14. The fourth-order valence-corrected chi connectivity index (χ4v) is 3.82. The minimum atomic E-state index is 0.256. The normalized spacial score (nSPS) is 25.4. The summed E-state index contributed by atoms with van der Waals surface area (Å²) in [6.45, 7) is 8.18. The zero-order valence-corrected chi connectivity index (χ0v) is 13.2. The van der Waals surface area contributed by atoms with E-state index in [4.69, 9.17) is 0 Å². The summed E-state index contributed by atoms with van der Waals surface area (Å²) in [5, 5.41) is 8.13. The van der Waals surface area contributed by atoms with Gasteiger partial charge in [-0.25, -0.2) is 0 Å². The van der Waals surface area contributed by atoms with Crippen LogP contribution in [0, 0.1) is 0 Å². The van der Waals surface area contributed by atoms with E-state index in [9.17, 15) is 0 Å². The minimum absolute atomic E-state index is 0.256. The minimum Gasteiger partial charge on any atom is -0.308 e. The van der Waals surface area contributed by atoms with Crippen molar-refractivity contribution in [2.75, 3.05) is 19.6 Å². The van der Waals surface area contributed by atoms with Gasteiger partial charge in [0, 0.05) is 56.1 Å². The lowest BCUT2D eigenvalue weighted by molar-refractivity contribution is 0.0290. The van der Waals surface area contributed by atoms with E-state index in [0.29, 0.717) is 5.54 Å². The first-order valence-electron chi connectivity index (χ1n) is 7.98. The van der Waals surface area contributed by atoms with Crippen molar-refractivity contribution in [3.63, 3.8) is 0 Å². The van der Waals surface area contributed by atoms with Gasteiger partial charge >= 0.3 is 0 Å². The van der Waals surface area contributed by atoms with Gasteiger partial charge in [-0.2, -0.15) is 5.10 Å².